The average Bonchev–Trinajstić information content (AvgIpc) is 2.21. The molecule has 0 unspecified atom stereocenters. The Morgan fingerprint density at radius 2 is 1.64 bits per heavy atom. The highest BCUT2D eigenvalue weighted by Gasteiger charge is 1.93. The number of nitrogens with one attached hydrogen (secondary N) is 2. The van der Waals surface area contributed by atoms with E-state index in [1.807, 2.05) is 7.05 Å². The van der Waals surface area contributed by atoms with E-state index in [0.29, 0.717) is 5.88 Å². The number of benzene rings is 1. The van der Waals surface area contributed by atoms with Crippen molar-refractivity contribution in [2.75, 3.05) is 19.5 Å². The second kappa shape index (κ2) is 6.82. The molecule has 0 bridgehead atoms. The third kappa shape index (κ3) is 4.09. The molecule has 3 heteroatoms. The minimum absolute atomic E-state index is 0.665. The molecule has 1 rings (SSSR count). The maximum Gasteiger partial charge on any atom is 0.0348 e. The van der Waals surface area contributed by atoms with Crippen molar-refractivity contribution in [3.8, 4) is 0 Å². The van der Waals surface area contributed by atoms with Gasteiger partial charge in [0.1, 0.15) is 0 Å². The fourth-order valence-electron chi connectivity index (χ4n) is 1.28. The van der Waals surface area contributed by atoms with E-state index in [0.717, 1.165) is 19.6 Å². The molecule has 0 fully saturated rings. The summed E-state index contributed by atoms with van der Waals surface area (Å²) in [5, 5.41) is 6.38. The predicted molar refractivity (Wildman–Crippen MR) is 61.6 cm³/mol. The fourth-order valence-corrected chi connectivity index (χ4v) is 1.41. The highest BCUT2D eigenvalue weighted by atomic mass is 35.5. The van der Waals surface area contributed by atoms with Crippen LogP contribution in [0.15, 0.2) is 24.3 Å². The van der Waals surface area contributed by atoms with Gasteiger partial charge in [0.05, 0.1) is 0 Å². The first kappa shape index (κ1) is 11.5. The van der Waals surface area contributed by atoms with Crippen molar-refractivity contribution in [2.24, 2.45) is 0 Å². The summed E-state index contributed by atoms with van der Waals surface area (Å²) in [4.78, 5) is 0. The molecule has 0 aliphatic rings. The molecule has 1 aromatic rings. The highest BCUT2D eigenvalue weighted by molar-refractivity contribution is 6.18. The minimum Gasteiger partial charge on any atom is -0.316 e. The Bertz CT molecular complexity index is 246. The lowest BCUT2D eigenvalue weighted by molar-refractivity contribution is 0.729. The molecular weight excluding hydrogens is 196 g/mol. The van der Waals surface area contributed by atoms with E-state index in [1.165, 1.54) is 11.1 Å². The van der Waals surface area contributed by atoms with Crippen LogP contribution in [0.5, 0.6) is 0 Å². The second-order valence-corrected chi connectivity index (χ2v) is 3.59. The van der Waals surface area contributed by atoms with Crippen molar-refractivity contribution in [2.45, 2.75) is 13.1 Å². The van der Waals surface area contributed by atoms with Crippen LogP contribution in [-0.2, 0) is 13.1 Å². The molecule has 0 amide bonds. The summed E-state index contributed by atoms with van der Waals surface area (Å²) in [6.45, 7) is 2.68. The van der Waals surface area contributed by atoms with Crippen LogP contribution in [0.2, 0.25) is 0 Å². The van der Waals surface area contributed by atoms with Crippen molar-refractivity contribution in [1.29, 1.82) is 0 Å². The molecule has 0 radical (unpaired) electrons. The van der Waals surface area contributed by atoms with Crippen molar-refractivity contribution in [1.82, 2.24) is 10.6 Å². The molecule has 0 aliphatic heterocycles. The normalized spacial score (nSPS) is 10.4. The van der Waals surface area contributed by atoms with Crippen LogP contribution in [0, 0.1) is 0 Å². The molecular formula is C11H17ClN2. The molecule has 78 valence electrons. The number of rotatable bonds is 6. The zero-order valence-electron chi connectivity index (χ0n) is 8.52. The van der Waals surface area contributed by atoms with Crippen LogP contribution in [0.4, 0.5) is 0 Å². The molecule has 0 atom stereocenters. The quantitative estimate of drug-likeness (QED) is 0.555. The monoisotopic (exact) mass is 212 g/mol. The Morgan fingerprint density at radius 1 is 1.07 bits per heavy atom. The Balaban J connectivity index is 2.38. The summed E-state index contributed by atoms with van der Waals surface area (Å²) in [5.74, 6) is 0.665. The van der Waals surface area contributed by atoms with Gasteiger partial charge in [-0.2, -0.15) is 0 Å². The first-order chi connectivity index (χ1) is 6.86. The Kier molecular flexibility index (Phi) is 5.60. The Morgan fingerprint density at radius 3 is 2.14 bits per heavy atom. The topological polar surface area (TPSA) is 24.1 Å². The summed E-state index contributed by atoms with van der Waals surface area (Å²) < 4.78 is 0. The van der Waals surface area contributed by atoms with Crippen molar-refractivity contribution >= 4 is 11.6 Å². The minimum atomic E-state index is 0.665. The molecule has 0 spiro atoms. The number of hydrogen-bond acceptors (Lipinski definition) is 2. The van der Waals surface area contributed by atoms with Gasteiger partial charge in [0.2, 0.25) is 0 Å². The van der Waals surface area contributed by atoms with Gasteiger partial charge in [-0.3, -0.25) is 0 Å². The van der Waals surface area contributed by atoms with Crippen LogP contribution < -0.4 is 10.6 Å². The van der Waals surface area contributed by atoms with Crippen molar-refractivity contribution in [3.63, 3.8) is 0 Å². The molecule has 2 nitrogen and oxygen atoms in total. The maximum absolute atomic E-state index is 5.56. The van der Waals surface area contributed by atoms with Gasteiger partial charge >= 0.3 is 0 Å². The third-order valence-corrected chi connectivity index (χ3v) is 2.19. The Labute approximate surface area is 90.7 Å². The third-order valence-electron chi connectivity index (χ3n) is 2.00. The lowest BCUT2D eigenvalue weighted by Crippen LogP contribution is -2.15. The van der Waals surface area contributed by atoms with Gasteiger partial charge in [-0.1, -0.05) is 24.3 Å². The van der Waals surface area contributed by atoms with E-state index >= 15 is 0 Å². The smallest absolute Gasteiger partial charge is 0.0348 e. The largest absolute Gasteiger partial charge is 0.316 e. The molecule has 0 aliphatic carbocycles. The summed E-state index contributed by atoms with van der Waals surface area (Å²) in [5.41, 5.74) is 2.61. The number of halogens is 1. The molecule has 0 saturated carbocycles. The number of alkyl halides is 1. The van der Waals surface area contributed by atoms with Crippen LogP contribution in [0.3, 0.4) is 0 Å². The van der Waals surface area contributed by atoms with E-state index in [-0.39, 0.29) is 0 Å². The maximum atomic E-state index is 5.56. The van der Waals surface area contributed by atoms with E-state index in [2.05, 4.69) is 34.9 Å². The first-order valence-corrected chi connectivity index (χ1v) is 5.39. The summed E-state index contributed by atoms with van der Waals surface area (Å²) in [6, 6.07) is 8.59. The van der Waals surface area contributed by atoms with E-state index < -0.39 is 0 Å². The molecule has 1 aromatic carbocycles. The van der Waals surface area contributed by atoms with Crippen LogP contribution in [0.25, 0.3) is 0 Å². The van der Waals surface area contributed by atoms with Crippen molar-refractivity contribution < 1.29 is 0 Å². The van der Waals surface area contributed by atoms with Gasteiger partial charge in [0.15, 0.2) is 0 Å². The summed E-state index contributed by atoms with van der Waals surface area (Å²) in [6.07, 6.45) is 0. The zero-order valence-corrected chi connectivity index (χ0v) is 9.27. The van der Waals surface area contributed by atoms with Crippen LogP contribution in [0.1, 0.15) is 11.1 Å². The SMILES string of the molecule is CNCc1ccc(CNCCCl)cc1. The van der Waals surface area contributed by atoms with Gasteiger partial charge in [-0.25, -0.2) is 0 Å². The van der Waals surface area contributed by atoms with Gasteiger partial charge in [0.25, 0.3) is 0 Å². The second-order valence-electron chi connectivity index (χ2n) is 3.21. The zero-order chi connectivity index (χ0) is 10.2. The van der Waals surface area contributed by atoms with Gasteiger partial charge < -0.3 is 10.6 Å². The molecule has 0 aromatic heterocycles. The standard InChI is InChI=1S/C11H17ClN2/c1-13-8-10-2-4-11(5-3-10)9-14-7-6-12/h2-5,13-14H,6-9H2,1H3. The fraction of sp³-hybridized carbons (Fsp3) is 0.455. The highest BCUT2D eigenvalue weighted by Crippen LogP contribution is 2.03. The van der Waals surface area contributed by atoms with E-state index in [1.54, 1.807) is 0 Å². The average molecular weight is 213 g/mol. The molecule has 0 heterocycles. The lowest BCUT2D eigenvalue weighted by Gasteiger charge is -2.04. The van der Waals surface area contributed by atoms with Gasteiger partial charge in [-0.05, 0) is 18.2 Å². The Hall–Kier alpha value is -0.570. The van der Waals surface area contributed by atoms with Gasteiger partial charge in [0, 0.05) is 25.5 Å². The van der Waals surface area contributed by atoms with E-state index in [4.69, 9.17) is 11.6 Å². The van der Waals surface area contributed by atoms with Crippen LogP contribution in [-0.4, -0.2) is 19.5 Å². The van der Waals surface area contributed by atoms with E-state index in [9.17, 15) is 0 Å². The molecule has 2 N–H and O–H groups in total. The lowest BCUT2D eigenvalue weighted by atomic mass is 10.1. The summed E-state index contributed by atoms with van der Waals surface area (Å²) in [7, 11) is 1.95. The number of hydrogen-bond donors (Lipinski definition) is 2. The van der Waals surface area contributed by atoms with Crippen LogP contribution >= 0.6 is 11.6 Å². The summed E-state index contributed by atoms with van der Waals surface area (Å²) >= 11 is 5.56. The molecule has 14 heavy (non-hydrogen) atoms. The van der Waals surface area contributed by atoms with Crippen molar-refractivity contribution in [3.05, 3.63) is 35.4 Å². The predicted octanol–water partition coefficient (Wildman–Crippen LogP) is 1.73. The van der Waals surface area contributed by atoms with Gasteiger partial charge in [-0.15, -0.1) is 11.6 Å². The first-order valence-electron chi connectivity index (χ1n) is 4.86. The molecule has 0 saturated heterocycles.